The zero-order valence-corrected chi connectivity index (χ0v) is 18.0. The van der Waals surface area contributed by atoms with Crippen LogP contribution in [0.25, 0.3) is 22.5 Å². The van der Waals surface area contributed by atoms with Gasteiger partial charge in [0.15, 0.2) is 23.0 Å². The minimum atomic E-state index is -0.435. The highest BCUT2D eigenvalue weighted by Gasteiger charge is 2.15. The summed E-state index contributed by atoms with van der Waals surface area (Å²) < 4.78 is 2.33. The molecule has 0 unspecified atom stereocenters. The number of rotatable bonds is 4. The maximum atomic E-state index is 13.0. The van der Waals surface area contributed by atoms with E-state index in [4.69, 9.17) is 12.2 Å². The predicted molar refractivity (Wildman–Crippen MR) is 124 cm³/mol. The van der Waals surface area contributed by atoms with E-state index in [2.05, 4.69) is 31.2 Å². The molecule has 0 saturated carbocycles. The molecule has 0 saturated heterocycles. The predicted octanol–water partition coefficient (Wildman–Crippen LogP) is 1.61. The first kappa shape index (κ1) is 21.0. The van der Waals surface area contributed by atoms with Crippen molar-refractivity contribution in [3.8, 4) is 22.5 Å². The lowest BCUT2D eigenvalue weighted by molar-refractivity contribution is 0.746. The highest BCUT2D eigenvalue weighted by Crippen LogP contribution is 2.12. The Morgan fingerprint density at radius 3 is 1.44 bits per heavy atom. The fourth-order valence-electron chi connectivity index (χ4n) is 2.97. The lowest BCUT2D eigenvalue weighted by Gasteiger charge is -2.16. The third-order valence-corrected chi connectivity index (χ3v) is 4.75. The van der Waals surface area contributed by atoms with Crippen LogP contribution in [0.5, 0.6) is 0 Å². The molecule has 0 aliphatic carbocycles. The number of nitrogens with one attached hydrogen (secondary N) is 2. The Labute approximate surface area is 187 Å². The molecule has 0 fully saturated rings. The summed E-state index contributed by atoms with van der Waals surface area (Å²) in [6, 6.07) is 17.9. The van der Waals surface area contributed by atoms with Gasteiger partial charge in [-0.05, 0) is 26.1 Å². The number of hydrogen-bond donors (Lipinski definition) is 2. The molecular formula is C21H18N8O2S. The Morgan fingerprint density at radius 2 is 1.06 bits per heavy atom. The van der Waals surface area contributed by atoms with Gasteiger partial charge in [-0.3, -0.25) is 20.4 Å². The van der Waals surface area contributed by atoms with Crippen LogP contribution in [-0.4, -0.2) is 34.9 Å². The molecule has 2 aromatic heterocycles. The molecule has 4 aromatic rings. The van der Waals surface area contributed by atoms with E-state index in [-0.39, 0.29) is 16.5 Å². The highest BCUT2D eigenvalue weighted by molar-refractivity contribution is 7.80. The Bertz CT molecular complexity index is 1290. The molecule has 11 heteroatoms. The van der Waals surface area contributed by atoms with Gasteiger partial charge in [0.2, 0.25) is 5.11 Å². The lowest BCUT2D eigenvalue weighted by atomic mass is 10.2. The molecule has 2 N–H and O–H groups in total. The Hall–Kier alpha value is -4.25. The van der Waals surface area contributed by atoms with Crippen LogP contribution < -0.4 is 22.0 Å². The first-order valence-electron chi connectivity index (χ1n) is 9.57. The van der Waals surface area contributed by atoms with Gasteiger partial charge < -0.3 is 0 Å². The number of thiocarbonyl (C=S) groups is 1. The molecule has 4 rings (SSSR count). The van der Waals surface area contributed by atoms with Gasteiger partial charge in [0.1, 0.15) is 0 Å². The van der Waals surface area contributed by atoms with Crippen molar-refractivity contribution in [1.29, 1.82) is 0 Å². The Kier molecular flexibility index (Phi) is 5.81. The first-order chi connectivity index (χ1) is 15.5. The van der Waals surface area contributed by atoms with Crippen molar-refractivity contribution in [2.45, 2.75) is 13.8 Å². The Balaban J connectivity index is 1.64. The van der Waals surface area contributed by atoms with Crippen LogP contribution in [0.15, 0.2) is 70.3 Å². The standard InChI is InChI=1S/C21H18N8O2S/c1-13-22-24-17(15-9-5-3-6-10-15)19(30)28(13)26-21(32)27-29-14(2)23-25-18(20(29)31)16-11-7-4-8-12-16/h3-12H,1-2H3,(H2,26,27,32). The second kappa shape index (κ2) is 8.86. The number of hydrogen-bond acceptors (Lipinski definition) is 7. The summed E-state index contributed by atoms with van der Waals surface area (Å²) in [7, 11) is 0. The number of nitrogens with zero attached hydrogens (tertiary/aromatic N) is 6. The summed E-state index contributed by atoms with van der Waals surface area (Å²) in [6.45, 7) is 3.22. The minimum absolute atomic E-state index is 0.0144. The van der Waals surface area contributed by atoms with Crippen molar-refractivity contribution in [3.63, 3.8) is 0 Å². The fourth-order valence-corrected chi connectivity index (χ4v) is 3.15. The van der Waals surface area contributed by atoms with E-state index >= 15 is 0 Å². The molecule has 10 nitrogen and oxygen atoms in total. The molecule has 0 amide bonds. The summed E-state index contributed by atoms with van der Waals surface area (Å²) >= 11 is 5.34. The molecule has 160 valence electrons. The molecule has 2 aromatic carbocycles. The van der Waals surface area contributed by atoms with E-state index < -0.39 is 11.1 Å². The molecule has 2 heterocycles. The van der Waals surface area contributed by atoms with Crippen LogP contribution in [0.1, 0.15) is 11.6 Å². The van der Waals surface area contributed by atoms with Crippen molar-refractivity contribution in [2.24, 2.45) is 0 Å². The van der Waals surface area contributed by atoms with Crippen LogP contribution >= 0.6 is 12.2 Å². The quantitative estimate of drug-likeness (QED) is 0.451. The van der Waals surface area contributed by atoms with Gasteiger partial charge >= 0.3 is 0 Å². The summed E-state index contributed by atoms with van der Waals surface area (Å²) in [5, 5.41) is 16.1. The number of benzene rings is 2. The summed E-state index contributed by atoms with van der Waals surface area (Å²) in [4.78, 5) is 25.9. The maximum absolute atomic E-state index is 13.0. The molecule has 32 heavy (non-hydrogen) atoms. The number of aromatic nitrogens is 6. The van der Waals surface area contributed by atoms with Crippen LogP contribution in [0, 0.1) is 13.8 Å². The normalized spacial score (nSPS) is 10.6. The second-order valence-corrected chi connectivity index (χ2v) is 7.17. The summed E-state index contributed by atoms with van der Waals surface area (Å²) in [5.74, 6) is 0.585. The molecule has 0 atom stereocenters. The van der Waals surface area contributed by atoms with Gasteiger partial charge in [0.05, 0.1) is 0 Å². The highest BCUT2D eigenvalue weighted by atomic mass is 32.1. The second-order valence-electron chi connectivity index (χ2n) is 6.76. The zero-order chi connectivity index (χ0) is 22.7. The molecule has 0 aliphatic heterocycles. The average molecular weight is 446 g/mol. The monoisotopic (exact) mass is 446 g/mol. The van der Waals surface area contributed by atoms with Gasteiger partial charge in [0.25, 0.3) is 11.1 Å². The van der Waals surface area contributed by atoms with E-state index in [0.717, 1.165) is 9.35 Å². The molecule has 0 aliphatic rings. The van der Waals surface area contributed by atoms with E-state index in [1.807, 2.05) is 12.1 Å². The lowest BCUT2D eigenvalue weighted by Crippen LogP contribution is -2.44. The van der Waals surface area contributed by atoms with E-state index in [9.17, 15) is 9.59 Å². The fraction of sp³-hybridized carbons (Fsp3) is 0.0952. The van der Waals surface area contributed by atoms with Gasteiger partial charge in [0, 0.05) is 11.1 Å². The third-order valence-electron chi connectivity index (χ3n) is 4.57. The largest absolute Gasteiger partial charge is 0.299 e. The number of aryl methyl sites for hydroxylation is 2. The van der Waals surface area contributed by atoms with Crippen molar-refractivity contribution >= 4 is 17.3 Å². The molecular weight excluding hydrogens is 428 g/mol. The van der Waals surface area contributed by atoms with E-state index in [1.54, 1.807) is 62.4 Å². The van der Waals surface area contributed by atoms with Gasteiger partial charge in [-0.2, -0.15) is 9.35 Å². The summed E-state index contributed by atoms with van der Waals surface area (Å²) in [6.07, 6.45) is 0. The van der Waals surface area contributed by atoms with Gasteiger partial charge in [-0.1, -0.05) is 60.7 Å². The average Bonchev–Trinajstić information content (AvgIpc) is 2.80. The molecule has 0 spiro atoms. The van der Waals surface area contributed by atoms with Crippen LogP contribution in [-0.2, 0) is 0 Å². The van der Waals surface area contributed by atoms with Crippen LogP contribution in [0.3, 0.4) is 0 Å². The topological polar surface area (TPSA) is 120 Å². The van der Waals surface area contributed by atoms with Crippen molar-refractivity contribution in [2.75, 3.05) is 10.9 Å². The SMILES string of the molecule is Cc1nnc(-c2ccccc2)c(=O)n1NC(=S)Nn1c(C)nnc(-c2ccccc2)c1=O. The van der Waals surface area contributed by atoms with Crippen molar-refractivity contribution < 1.29 is 0 Å². The van der Waals surface area contributed by atoms with Gasteiger partial charge in [-0.25, -0.2) is 0 Å². The van der Waals surface area contributed by atoms with Crippen molar-refractivity contribution in [1.82, 2.24) is 29.7 Å². The van der Waals surface area contributed by atoms with Crippen LogP contribution in [0.2, 0.25) is 0 Å². The van der Waals surface area contributed by atoms with Crippen molar-refractivity contribution in [3.05, 3.63) is 93.0 Å². The molecule has 0 bridgehead atoms. The smallest absolute Gasteiger partial charge is 0.265 e. The Morgan fingerprint density at radius 1 is 0.688 bits per heavy atom. The van der Waals surface area contributed by atoms with Gasteiger partial charge in [-0.15, -0.1) is 20.4 Å². The van der Waals surface area contributed by atoms with Crippen LogP contribution in [0.4, 0.5) is 0 Å². The maximum Gasteiger partial charge on any atom is 0.299 e. The zero-order valence-electron chi connectivity index (χ0n) is 17.2. The summed E-state index contributed by atoms with van der Waals surface area (Å²) in [5.41, 5.74) is 6.23. The minimum Gasteiger partial charge on any atom is -0.265 e. The van der Waals surface area contributed by atoms with E-state index in [1.165, 1.54) is 0 Å². The third kappa shape index (κ3) is 4.14. The van der Waals surface area contributed by atoms with E-state index in [0.29, 0.717) is 22.8 Å². The first-order valence-corrected chi connectivity index (χ1v) is 9.98. The molecule has 0 radical (unpaired) electrons.